The summed E-state index contributed by atoms with van der Waals surface area (Å²) in [6.45, 7) is 8.81. The van der Waals surface area contributed by atoms with E-state index in [1.807, 2.05) is 13.0 Å². The van der Waals surface area contributed by atoms with Crippen molar-refractivity contribution in [1.82, 2.24) is 4.57 Å². The molecule has 2 aliphatic carbocycles. The minimum Gasteiger partial charge on any atom is -0.456 e. The van der Waals surface area contributed by atoms with Crippen LogP contribution in [0.2, 0.25) is 0 Å². The SMILES string of the molecule is Cc1ccc(N(c2ccc(C#N)c(C)c2)c2ccc3c(c2)C(C)(c2ccccc2)c2cc(N4c5cccc6oc7cccc(c7c56)-n5c6c(c7ccccc75)C=CCC64)c4ccccc4c2-3)cc1C. The van der Waals surface area contributed by atoms with Gasteiger partial charge in [0.2, 0.25) is 0 Å². The van der Waals surface area contributed by atoms with Crippen molar-refractivity contribution in [2.75, 3.05) is 9.80 Å². The lowest BCUT2D eigenvalue weighted by molar-refractivity contribution is 0.665. The molecule has 14 rings (SSSR count). The van der Waals surface area contributed by atoms with Gasteiger partial charge in [-0.2, -0.15) is 5.26 Å². The number of hydrogen-bond acceptors (Lipinski definition) is 4. The number of nitrogens with zero attached hydrogens (tertiary/aromatic N) is 4. The summed E-state index contributed by atoms with van der Waals surface area (Å²) in [5.74, 6) is 0. The maximum atomic E-state index is 9.95. The van der Waals surface area contributed by atoms with E-state index in [9.17, 15) is 5.26 Å². The number of fused-ring (bicyclic) bond motifs is 9. The molecular weight excluding hydrogens is 841 g/mol. The van der Waals surface area contributed by atoms with Crippen LogP contribution in [0.25, 0.3) is 66.5 Å². The monoisotopic (exact) mass is 886 g/mol. The highest BCUT2D eigenvalue weighted by Gasteiger charge is 2.44. The number of para-hydroxylation sites is 1. The highest BCUT2D eigenvalue weighted by Crippen LogP contribution is 2.60. The van der Waals surface area contributed by atoms with Gasteiger partial charge in [-0.25, -0.2) is 0 Å². The van der Waals surface area contributed by atoms with Crippen LogP contribution in [-0.4, -0.2) is 4.57 Å². The minimum atomic E-state index is -0.549. The van der Waals surface area contributed by atoms with Crippen molar-refractivity contribution in [3.63, 3.8) is 0 Å². The van der Waals surface area contributed by atoms with Crippen molar-refractivity contribution in [2.45, 2.75) is 45.6 Å². The van der Waals surface area contributed by atoms with E-state index in [4.69, 9.17) is 4.42 Å². The molecule has 0 amide bonds. The Morgan fingerprint density at radius 1 is 0.594 bits per heavy atom. The Bertz CT molecular complexity index is 4090. The van der Waals surface area contributed by atoms with Gasteiger partial charge < -0.3 is 18.8 Å². The zero-order valence-electron chi connectivity index (χ0n) is 38.9. The molecule has 0 N–H and O–H groups in total. The van der Waals surface area contributed by atoms with Gasteiger partial charge in [0.05, 0.1) is 56.7 Å². The third-order valence-electron chi connectivity index (χ3n) is 15.8. The first-order valence-corrected chi connectivity index (χ1v) is 24.0. The van der Waals surface area contributed by atoms with Crippen molar-refractivity contribution in [2.24, 2.45) is 0 Å². The lowest BCUT2D eigenvalue weighted by Crippen LogP contribution is -2.29. The highest BCUT2D eigenvalue weighted by molar-refractivity contribution is 6.18. The van der Waals surface area contributed by atoms with E-state index in [2.05, 4.69) is 223 Å². The van der Waals surface area contributed by atoms with Crippen LogP contribution in [0, 0.1) is 32.1 Å². The second-order valence-corrected chi connectivity index (χ2v) is 19.4. The molecular formula is C64H46N4O. The van der Waals surface area contributed by atoms with Gasteiger partial charge in [0.15, 0.2) is 0 Å². The van der Waals surface area contributed by atoms with Crippen LogP contribution < -0.4 is 9.80 Å². The number of hydrogen-bond donors (Lipinski definition) is 0. The summed E-state index contributed by atoms with van der Waals surface area (Å²) < 4.78 is 9.35. The molecule has 0 bridgehead atoms. The molecule has 5 heteroatoms. The van der Waals surface area contributed by atoms with Crippen LogP contribution in [0.3, 0.4) is 0 Å². The summed E-state index contributed by atoms with van der Waals surface area (Å²) in [4.78, 5) is 5.03. The van der Waals surface area contributed by atoms with Crippen molar-refractivity contribution in [3.8, 4) is 22.9 Å². The topological polar surface area (TPSA) is 48.3 Å². The molecule has 328 valence electrons. The van der Waals surface area contributed by atoms with Gasteiger partial charge in [-0.15, -0.1) is 0 Å². The van der Waals surface area contributed by atoms with Gasteiger partial charge in [-0.3, -0.25) is 0 Å². The van der Waals surface area contributed by atoms with E-state index in [1.54, 1.807) is 0 Å². The van der Waals surface area contributed by atoms with Crippen molar-refractivity contribution in [3.05, 3.63) is 232 Å². The second-order valence-electron chi connectivity index (χ2n) is 19.4. The molecule has 0 saturated carbocycles. The van der Waals surface area contributed by atoms with Crippen LogP contribution in [0.1, 0.15) is 69.6 Å². The second kappa shape index (κ2) is 14.5. The predicted octanol–water partition coefficient (Wildman–Crippen LogP) is 16.9. The van der Waals surface area contributed by atoms with Crippen LogP contribution in [-0.2, 0) is 5.41 Å². The van der Waals surface area contributed by atoms with Crippen LogP contribution in [0.5, 0.6) is 0 Å². The molecule has 3 heterocycles. The van der Waals surface area contributed by atoms with Gasteiger partial charge in [-0.05, 0) is 163 Å². The third kappa shape index (κ3) is 5.40. The summed E-state index contributed by atoms with van der Waals surface area (Å²) in [5, 5.41) is 15.9. The molecule has 0 radical (unpaired) electrons. The molecule has 0 spiro atoms. The van der Waals surface area contributed by atoms with Crippen LogP contribution >= 0.6 is 0 Å². The molecule has 5 nitrogen and oxygen atoms in total. The van der Waals surface area contributed by atoms with Crippen molar-refractivity contribution < 1.29 is 4.42 Å². The number of rotatable bonds is 5. The summed E-state index contributed by atoms with van der Waals surface area (Å²) >= 11 is 0. The third-order valence-corrected chi connectivity index (χ3v) is 15.8. The largest absolute Gasteiger partial charge is 0.456 e. The van der Waals surface area contributed by atoms with Gasteiger partial charge in [0.25, 0.3) is 0 Å². The fourth-order valence-electron chi connectivity index (χ4n) is 12.4. The van der Waals surface area contributed by atoms with E-state index < -0.39 is 5.41 Å². The van der Waals surface area contributed by atoms with E-state index in [0.29, 0.717) is 5.56 Å². The molecule has 0 saturated heterocycles. The van der Waals surface area contributed by atoms with Crippen LogP contribution in [0.15, 0.2) is 186 Å². The Kier molecular flexibility index (Phi) is 8.29. The minimum absolute atomic E-state index is 0.0384. The summed E-state index contributed by atoms with van der Waals surface area (Å²) in [6.07, 6.45) is 5.56. The molecule has 9 aromatic carbocycles. The predicted molar refractivity (Wildman–Crippen MR) is 284 cm³/mol. The Morgan fingerprint density at radius 2 is 1.26 bits per heavy atom. The van der Waals surface area contributed by atoms with E-state index in [1.165, 1.54) is 77.6 Å². The Balaban J connectivity index is 1.06. The van der Waals surface area contributed by atoms with E-state index in [0.717, 1.165) is 62.4 Å². The Hall–Kier alpha value is -8.59. The molecule has 2 unspecified atom stereocenters. The first-order valence-electron chi connectivity index (χ1n) is 24.0. The lowest BCUT2D eigenvalue weighted by Gasteiger charge is -2.39. The molecule has 1 aliphatic heterocycles. The van der Waals surface area contributed by atoms with E-state index in [-0.39, 0.29) is 6.04 Å². The fourth-order valence-corrected chi connectivity index (χ4v) is 12.4. The quantitative estimate of drug-likeness (QED) is 0.173. The van der Waals surface area contributed by atoms with Crippen molar-refractivity contribution in [1.29, 1.82) is 5.26 Å². The number of aromatic nitrogens is 1. The first kappa shape index (κ1) is 39.6. The average molecular weight is 887 g/mol. The zero-order chi connectivity index (χ0) is 46.3. The molecule has 11 aromatic rings. The average Bonchev–Trinajstić information content (AvgIpc) is 4.02. The summed E-state index contributed by atoms with van der Waals surface area (Å²) in [7, 11) is 0. The lowest BCUT2D eigenvalue weighted by atomic mass is 9.73. The zero-order valence-corrected chi connectivity index (χ0v) is 38.9. The fraction of sp³-hybridized carbons (Fsp3) is 0.109. The number of anilines is 5. The van der Waals surface area contributed by atoms with Gasteiger partial charge >= 0.3 is 0 Å². The number of furan rings is 1. The Labute approximate surface area is 401 Å². The normalized spacial score (nSPS) is 16.4. The molecule has 69 heavy (non-hydrogen) atoms. The molecule has 2 aromatic heterocycles. The van der Waals surface area contributed by atoms with Gasteiger partial charge in [0, 0.05) is 38.8 Å². The van der Waals surface area contributed by atoms with Gasteiger partial charge in [-0.1, -0.05) is 109 Å². The smallest absolute Gasteiger partial charge is 0.137 e. The number of nitriles is 1. The summed E-state index contributed by atoms with van der Waals surface area (Å²) in [5.41, 5.74) is 22.0. The van der Waals surface area contributed by atoms with Crippen LogP contribution in [0.4, 0.5) is 28.4 Å². The first-order chi connectivity index (χ1) is 33.8. The highest BCUT2D eigenvalue weighted by atomic mass is 16.3. The molecule has 3 aliphatic rings. The maximum absolute atomic E-state index is 9.95. The van der Waals surface area contributed by atoms with Gasteiger partial charge in [0.1, 0.15) is 11.2 Å². The van der Waals surface area contributed by atoms with Crippen molar-refractivity contribution >= 4 is 78.1 Å². The standard InChI is InChI=1S/C64H46N4O/c1-38-27-29-43(33-39(38)2)66(44-30-28-41(37-65)40(3)34-44)45-31-32-50-51(35-45)64(4,42-15-6-5-7-16-42)52-36-57(46-17-8-9-19-48(46)60(50)52)67-54-22-13-25-58-61(54)62-55(23-14-26-59(62)69-58)68-53-21-11-10-18-47(53)49-20-12-24-56(67)63(49)68/h5-23,25-36,56H,24H2,1-4H3. The van der Waals surface area contributed by atoms with E-state index >= 15 is 0 Å². The Morgan fingerprint density at radius 3 is 2.03 bits per heavy atom. The number of aryl methyl sites for hydroxylation is 3. The number of benzene rings is 9. The molecule has 2 atom stereocenters. The maximum Gasteiger partial charge on any atom is 0.137 e. The summed E-state index contributed by atoms with van der Waals surface area (Å²) in [6, 6.07) is 67.1. The molecule has 0 fully saturated rings.